The Morgan fingerprint density at radius 3 is 2.22 bits per heavy atom. The van der Waals surface area contributed by atoms with E-state index in [1.54, 1.807) is 0 Å². The molecule has 0 aromatic heterocycles. The van der Waals surface area contributed by atoms with E-state index in [1.807, 2.05) is 0 Å². The van der Waals surface area contributed by atoms with E-state index in [-0.39, 0.29) is 0 Å². The molecule has 0 atom stereocenters. The van der Waals surface area contributed by atoms with Gasteiger partial charge in [-0.3, -0.25) is 0 Å². The quantitative estimate of drug-likeness (QED) is 0.670. The molecule has 0 aliphatic heterocycles. The average molecular weight is 378 g/mol. The minimum atomic E-state index is 0.733. The van der Waals surface area contributed by atoms with Gasteiger partial charge in [0.15, 0.2) is 0 Å². The van der Waals surface area contributed by atoms with Crippen LogP contribution in [0.25, 0.3) is 0 Å². The first kappa shape index (κ1) is 16.2. The van der Waals surface area contributed by atoms with E-state index in [2.05, 4.69) is 74.5 Å². The summed E-state index contributed by atoms with van der Waals surface area (Å²) in [5, 5.41) is 6.91. The van der Waals surface area contributed by atoms with E-state index >= 15 is 0 Å². The van der Waals surface area contributed by atoms with Crippen LogP contribution in [0, 0.1) is 5.92 Å². The van der Waals surface area contributed by atoms with Crippen molar-refractivity contribution in [1.29, 1.82) is 0 Å². The van der Waals surface area contributed by atoms with Gasteiger partial charge in [-0.2, -0.15) is 0 Å². The molecule has 2 N–H and O–H groups in total. The summed E-state index contributed by atoms with van der Waals surface area (Å²) in [7, 11) is 0. The van der Waals surface area contributed by atoms with Gasteiger partial charge in [-0.15, -0.1) is 0 Å². The first-order valence-corrected chi connectivity index (χ1v) is 8.03. The number of rotatable bonds is 8. The standard InChI is InChI=1S/C14H22Br2N2/c1-11(2)9-17-4-3-5-18-10-12-6-13(15)8-14(16)7-12/h6-8,11,17-18H,3-5,9-10H2,1-2H3. The second kappa shape index (κ2) is 9.08. The van der Waals surface area contributed by atoms with E-state index in [1.165, 1.54) is 12.0 Å². The molecule has 0 radical (unpaired) electrons. The fraction of sp³-hybridized carbons (Fsp3) is 0.571. The van der Waals surface area contributed by atoms with Gasteiger partial charge in [0.05, 0.1) is 0 Å². The van der Waals surface area contributed by atoms with Crippen LogP contribution < -0.4 is 10.6 Å². The van der Waals surface area contributed by atoms with Crippen LogP contribution in [-0.4, -0.2) is 19.6 Å². The maximum absolute atomic E-state index is 3.50. The van der Waals surface area contributed by atoms with Crippen LogP contribution in [0.3, 0.4) is 0 Å². The predicted molar refractivity (Wildman–Crippen MR) is 85.9 cm³/mol. The van der Waals surface area contributed by atoms with Crippen LogP contribution in [0.2, 0.25) is 0 Å². The molecule has 0 bridgehead atoms. The molecular weight excluding hydrogens is 356 g/mol. The Kier molecular flexibility index (Phi) is 8.15. The Labute approximate surface area is 127 Å². The van der Waals surface area contributed by atoms with Gasteiger partial charge in [-0.1, -0.05) is 45.7 Å². The fourth-order valence-corrected chi connectivity index (χ4v) is 3.06. The number of halogens is 2. The second-order valence-corrected chi connectivity index (χ2v) is 6.74. The molecular formula is C14H22Br2N2. The topological polar surface area (TPSA) is 24.1 Å². The lowest BCUT2D eigenvalue weighted by atomic mass is 10.2. The number of hydrogen-bond acceptors (Lipinski definition) is 2. The molecule has 18 heavy (non-hydrogen) atoms. The minimum Gasteiger partial charge on any atom is -0.316 e. The molecule has 0 saturated carbocycles. The SMILES string of the molecule is CC(C)CNCCCNCc1cc(Br)cc(Br)c1. The summed E-state index contributed by atoms with van der Waals surface area (Å²) >= 11 is 7.00. The Bertz CT molecular complexity index is 333. The maximum Gasteiger partial charge on any atom is 0.0206 e. The highest BCUT2D eigenvalue weighted by molar-refractivity contribution is 9.11. The molecule has 1 aromatic rings. The molecule has 0 saturated heterocycles. The number of benzene rings is 1. The molecule has 1 rings (SSSR count). The van der Waals surface area contributed by atoms with Crippen molar-refractivity contribution in [3.05, 3.63) is 32.7 Å². The first-order valence-electron chi connectivity index (χ1n) is 6.44. The molecule has 0 aliphatic rings. The number of nitrogens with one attached hydrogen (secondary N) is 2. The van der Waals surface area contributed by atoms with Gasteiger partial charge in [0.2, 0.25) is 0 Å². The summed E-state index contributed by atoms with van der Waals surface area (Å²) in [6, 6.07) is 6.35. The Morgan fingerprint density at radius 2 is 1.61 bits per heavy atom. The maximum atomic E-state index is 3.50. The van der Waals surface area contributed by atoms with Crippen molar-refractivity contribution in [1.82, 2.24) is 10.6 Å². The third-order valence-electron chi connectivity index (χ3n) is 2.51. The van der Waals surface area contributed by atoms with Crippen molar-refractivity contribution in [2.75, 3.05) is 19.6 Å². The van der Waals surface area contributed by atoms with Gasteiger partial charge in [-0.25, -0.2) is 0 Å². The lowest BCUT2D eigenvalue weighted by Crippen LogP contribution is -2.24. The summed E-state index contributed by atoms with van der Waals surface area (Å²) in [5.74, 6) is 0.733. The van der Waals surface area contributed by atoms with Crippen LogP contribution in [-0.2, 0) is 6.54 Å². The van der Waals surface area contributed by atoms with Gasteiger partial charge in [0, 0.05) is 15.5 Å². The van der Waals surface area contributed by atoms with Crippen molar-refractivity contribution in [3.63, 3.8) is 0 Å². The molecule has 0 amide bonds. The normalized spacial score (nSPS) is 11.2. The van der Waals surface area contributed by atoms with Crippen molar-refractivity contribution in [3.8, 4) is 0 Å². The average Bonchev–Trinajstić information content (AvgIpc) is 2.26. The molecule has 0 spiro atoms. The summed E-state index contributed by atoms with van der Waals surface area (Å²) in [4.78, 5) is 0. The smallest absolute Gasteiger partial charge is 0.0206 e. The van der Waals surface area contributed by atoms with Crippen molar-refractivity contribution < 1.29 is 0 Å². The van der Waals surface area contributed by atoms with E-state index in [0.717, 1.165) is 41.0 Å². The summed E-state index contributed by atoms with van der Waals surface area (Å²) in [6.07, 6.45) is 1.17. The highest BCUT2D eigenvalue weighted by Crippen LogP contribution is 2.19. The lowest BCUT2D eigenvalue weighted by Gasteiger charge is -2.08. The van der Waals surface area contributed by atoms with Gasteiger partial charge in [0.25, 0.3) is 0 Å². The van der Waals surface area contributed by atoms with Crippen LogP contribution in [0.15, 0.2) is 27.1 Å². The third kappa shape index (κ3) is 7.52. The van der Waals surface area contributed by atoms with Gasteiger partial charge in [-0.05, 0) is 55.7 Å². The fourth-order valence-electron chi connectivity index (χ4n) is 1.67. The van der Waals surface area contributed by atoms with Crippen molar-refractivity contribution >= 4 is 31.9 Å². The molecule has 2 nitrogen and oxygen atoms in total. The predicted octanol–water partition coefficient (Wildman–Crippen LogP) is 3.94. The highest BCUT2D eigenvalue weighted by atomic mass is 79.9. The van der Waals surface area contributed by atoms with E-state index in [9.17, 15) is 0 Å². The Morgan fingerprint density at radius 1 is 1.00 bits per heavy atom. The Hall–Kier alpha value is 0.1000. The third-order valence-corrected chi connectivity index (χ3v) is 3.43. The first-order chi connectivity index (χ1) is 8.58. The zero-order chi connectivity index (χ0) is 13.4. The van der Waals surface area contributed by atoms with Gasteiger partial charge >= 0.3 is 0 Å². The van der Waals surface area contributed by atoms with E-state index in [4.69, 9.17) is 0 Å². The van der Waals surface area contributed by atoms with Crippen molar-refractivity contribution in [2.45, 2.75) is 26.8 Å². The summed E-state index contributed by atoms with van der Waals surface area (Å²) in [5.41, 5.74) is 1.30. The van der Waals surface area contributed by atoms with Crippen LogP contribution in [0.1, 0.15) is 25.8 Å². The molecule has 0 aliphatic carbocycles. The summed E-state index contributed by atoms with van der Waals surface area (Å²) < 4.78 is 2.24. The van der Waals surface area contributed by atoms with Crippen LogP contribution in [0.4, 0.5) is 0 Å². The zero-order valence-corrected chi connectivity index (χ0v) is 14.3. The second-order valence-electron chi connectivity index (χ2n) is 4.91. The zero-order valence-electron chi connectivity index (χ0n) is 11.1. The molecule has 1 aromatic carbocycles. The van der Waals surface area contributed by atoms with Crippen LogP contribution in [0.5, 0.6) is 0 Å². The highest BCUT2D eigenvalue weighted by Gasteiger charge is 1.97. The van der Waals surface area contributed by atoms with Gasteiger partial charge < -0.3 is 10.6 Å². The lowest BCUT2D eigenvalue weighted by molar-refractivity contribution is 0.530. The molecule has 0 unspecified atom stereocenters. The monoisotopic (exact) mass is 376 g/mol. The van der Waals surface area contributed by atoms with Crippen molar-refractivity contribution in [2.24, 2.45) is 5.92 Å². The minimum absolute atomic E-state index is 0.733. The molecule has 102 valence electrons. The number of hydrogen-bond donors (Lipinski definition) is 2. The van der Waals surface area contributed by atoms with Gasteiger partial charge in [0.1, 0.15) is 0 Å². The molecule has 0 heterocycles. The molecule has 4 heteroatoms. The summed E-state index contributed by atoms with van der Waals surface area (Å²) in [6.45, 7) is 8.64. The van der Waals surface area contributed by atoms with E-state index in [0.29, 0.717) is 0 Å². The molecule has 0 fully saturated rings. The largest absolute Gasteiger partial charge is 0.316 e. The Balaban J connectivity index is 2.10. The van der Waals surface area contributed by atoms with Crippen LogP contribution >= 0.6 is 31.9 Å². The van der Waals surface area contributed by atoms with E-state index < -0.39 is 0 Å².